The Morgan fingerprint density at radius 2 is 2.00 bits per heavy atom. The molecule has 0 aliphatic rings. The van der Waals surface area contributed by atoms with Crippen LogP contribution in [0.1, 0.15) is 12.5 Å². The molecule has 1 atom stereocenters. The molecule has 0 heterocycles. The molecule has 0 amide bonds. The number of alkyl halides is 3. The molecule has 1 aromatic rings. The van der Waals surface area contributed by atoms with Gasteiger partial charge < -0.3 is 10.5 Å². The molecule has 16 heavy (non-hydrogen) atoms. The second-order valence-corrected chi connectivity index (χ2v) is 3.48. The standard InChI is InChI=1S/C10H11F4NO/c1-6(15)4-7-5-8(2-3-9(7)11)16-10(12,13)14/h2-3,5-6H,4,15H2,1H3. The molecule has 1 rings (SSSR count). The third-order valence-corrected chi connectivity index (χ3v) is 1.79. The van der Waals surface area contributed by atoms with E-state index in [1.165, 1.54) is 0 Å². The van der Waals surface area contributed by atoms with E-state index < -0.39 is 17.9 Å². The van der Waals surface area contributed by atoms with E-state index in [4.69, 9.17) is 5.73 Å². The van der Waals surface area contributed by atoms with E-state index in [9.17, 15) is 17.6 Å². The van der Waals surface area contributed by atoms with E-state index in [0.29, 0.717) is 0 Å². The first-order valence-corrected chi connectivity index (χ1v) is 4.57. The Balaban J connectivity index is 2.89. The lowest BCUT2D eigenvalue weighted by atomic mass is 10.1. The zero-order valence-corrected chi connectivity index (χ0v) is 8.51. The topological polar surface area (TPSA) is 35.2 Å². The Labute approximate surface area is 90.0 Å². The number of hydrogen-bond donors (Lipinski definition) is 1. The van der Waals surface area contributed by atoms with Gasteiger partial charge in [-0.05, 0) is 37.1 Å². The van der Waals surface area contributed by atoms with Gasteiger partial charge in [0.1, 0.15) is 11.6 Å². The largest absolute Gasteiger partial charge is 0.573 e. The van der Waals surface area contributed by atoms with Crippen molar-refractivity contribution in [2.45, 2.75) is 25.7 Å². The summed E-state index contributed by atoms with van der Waals surface area (Å²) in [5.41, 5.74) is 5.55. The van der Waals surface area contributed by atoms with E-state index in [0.717, 1.165) is 18.2 Å². The van der Waals surface area contributed by atoms with Crippen LogP contribution in [0.25, 0.3) is 0 Å². The normalized spacial score (nSPS) is 13.6. The van der Waals surface area contributed by atoms with Crippen molar-refractivity contribution in [1.29, 1.82) is 0 Å². The number of hydrogen-bond acceptors (Lipinski definition) is 2. The summed E-state index contributed by atoms with van der Waals surface area (Å²) in [4.78, 5) is 0. The molecular formula is C10H11F4NO. The molecule has 1 unspecified atom stereocenters. The molecule has 6 heteroatoms. The Bertz CT molecular complexity index is 362. The first kappa shape index (κ1) is 12.8. The smallest absolute Gasteiger partial charge is 0.406 e. The Kier molecular flexibility index (Phi) is 3.74. The van der Waals surface area contributed by atoms with Gasteiger partial charge in [0.15, 0.2) is 0 Å². The first-order chi connectivity index (χ1) is 7.28. The second-order valence-electron chi connectivity index (χ2n) is 3.48. The average Bonchev–Trinajstić information content (AvgIpc) is 2.07. The minimum Gasteiger partial charge on any atom is -0.406 e. The molecular weight excluding hydrogens is 226 g/mol. The van der Waals surface area contributed by atoms with Crippen molar-refractivity contribution in [2.75, 3.05) is 0 Å². The third kappa shape index (κ3) is 4.06. The average molecular weight is 237 g/mol. The van der Waals surface area contributed by atoms with Crippen molar-refractivity contribution in [3.05, 3.63) is 29.6 Å². The molecule has 2 nitrogen and oxygen atoms in total. The summed E-state index contributed by atoms with van der Waals surface area (Å²) in [6, 6.07) is 2.52. The molecule has 0 radical (unpaired) electrons. The molecule has 0 aliphatic heterocycles. The Morgan fingerprint density at radius 3 is 2.50 bits per heavy atom. The maximum Gasteiger partial charge on any atom is 0.573 e. The van der Waals surface area contributed by atoms with Crippen LogP contribution in [-0.4, -0.2) is 12.4 Å². The zero-order valence-electron chi connectivity index (χ0n) is 8.51. The van der Waals surface area contributed by atoms with Crippen LogP contribution < -0.4 is 10.5 Å². The molecule has 1 aromatic carbocycles. The minimum atomic E-state index is -4.77. The second kappa shape index (κ2) is 4.69. The van der Waals surface area contributed by atoms with Gasteiger partial charge in [-0.3, -0.25) is 0 Å². The van der Waals surface area contributed by atoms with Crippen molar-refractivity contribution in [3.8, 4) is 5.75 Å². The molecule has 0 spiro atoms. The lowest BCUT2D eigenvalue weighted by Crippen LogP contribution is -2.20. The van der Waals surface area contributed by atoms with Crippen LogP contribution in [0.2, 0.25) is 0 Å². The fourth-order valence-electron chi connectivity index (χ4n) is 1.25. The summed E-state index contributed by atoms with van der Waals surface area (Å²) >= 11 is 0. The summed E-state index contributed by atoms with van der Waals surface area (Å²) in [6.07, 6.45) is -4.62. The molecule has 0 fully saturated rings. The lowest BCUT2D eigenvalue weighted by Gasteiger charge is -2.11. The maximum absolute atomic E-state index is 13.2. The molecule has 0 saturated carbocycles. The van der Waals surface area contributed by atoms with Gasteiger partial charge in [0, 0.05) is 6.04 Å². The van der Waals surface area contributed by atoms with E-state index in [-0.39, 0.29) is 18.0 Å². The molecule has 90 valence electrons. The monoisotopic (exact) mass is 237 g/mol. The van der Waals surface area contributed by atoms with Crippen LogP contribution >= 0.6 is 0 Å². The zero-order chi connectivity index (χ0) is 12.3. The van der Waals surface area contributed by atoms with Crippen molar-refractivity contribution < 1.29 is 22.3 Å². The van der Waals surface area contributed by atoms with Crippen LogP contribution in [0.5, 0.6) is 5.75 Å². The molecule has 0 aliphatic carbocycles. The summed E-state index contributed by atoms with van der Waals surface area (Å²) in [6.45, 7) is 1.64. The van der Waals surface area contributed by atoms with Crippen LogP contribution in [0.4, 0.5) is 17.6 Å². The van der Waals surface area contributed by atoms with Crippen molar-refractivity contribution in [3.63, 3.8) is 0 Å². The van der Waals surface area contributed by atoms with Crippen molar-refractivity contribution in [1.82, 2.24) is 0 Å². The summed E-state index contributed by atoms with van der Waals surface area (Å²) < 4.78 is 52.5. The van der Waals surface area contributed by atoms with Gasteiger partial charge in [-0.1, -0.05) is 0 Å². The fourth-order valence-corrected chi connectivity index (χ4v) is 1.25. The molecule has 0 bridgehead atoms. The predicted molar refractivity (Wildman–Crippen MR) is 50.4 cm³/mol. The van der Waals surface area contributed by atoms with Gasteiger partial charge in [-0.25, -0.2) is 4.39 Å². The van der Waals surface area contributed by atoms with Crippen LogP contribution in [0, 0.1) is 5.82 Å². The molecule has 0 aromatic heterocycles. The van der Waals surface area contributed by atoms with Crippen LogP contribution in [0.3, 0.4) is 0 Å². The summed E-state index contributed by atoms with van der Waals surface area (Å²) in [5.74, 6) is -1.03. The highest BCUT2D eigenvalue weighted by atomic mass is 19.4. The highest BCUT2D eigenvalue weighted by molar-refractivity contribution is 5.30. The maximum atomic E-state index is 13.2. The van der Waals surface area contributed by atoms with Crippen molar-refractivity contribution >= 4 is 0 Å². The molecule has 2 N–H and O–H groups in total. The van der Waals surface area contributed by atoms with E-state index >= 15 is 0 Å². The summed E-state index contributed by atoms with van der Waals surface area (Å²) in [7, 11) is 0. The minimum absolute atomic E-state index is 0.108. The molecule has 0 saturated heterocycles. The Hall–Kier alpha value is -1.30. The van der Waals surface area contributed by atoms with E-state index in [1.807, 2.05) is 0 Å². The number of rotatable bonds is 3. The van der Waals surface area contributed by atoms with Crippen molar-refractivity contribution in [2.24, 2.45) is 5.73 Å². The number of nitrogens with two attached hydrogens (primary N) is 1. The van der Waals surface area contributed by atoms with Gasteiger partial charge in [-0.2, -0.15) is 0 Å². The van der Waals surface area contributed by atoms with Gasteiger partial charge in [-0.15, -0.1) is 13.2 Å². The van der Waals surface area contributed by atoms with Gasteiger partial charge in [0.05, 0.1) is 0 Å². The predicted octanol–water partition coefficient (Wildman–Crippen LogP) is 2.61. The van der Waals surface area contributed by atoms with E-state index in [1.54, 1.807) is 6.92 Å². The van der Waals surface area contributed by atoms with Gasteiger partial charge >= 0.3 is 6.36 Å². The summed E-state index contributed by atoms with van der Waals surface area (Å²) in [5, 5.41) is 0. The number of halogens is 4. The number of benzene rings is 1. The Morgan fingerprint density at radius 1 is 1.38 bits per heavy atom. The fraction of sp³-hybridized carbons (Fsp3) is 0.400. The quantitative estimate of drug-likeness (QED) is 0.820. The van der Waals surface area contributed by atoms with Gasteiger partial charge in [0.25, 0.3) is 0 Å². The highest BCUT2D eigenvalue weighted by Crippen LogP contribution is 2.25. The van der Waals surface area contributed by atoms with Crippen LogP contribution in [0.15, 0.2) is 18.2 Å². The van der Waals surface area contributed by atoms with E-state index in [2.05, 4.69) is 4.74 Å². The lowest BCUT2D eigenvalue weighted by molar-refractivity contribution is -0.274. The first-order valence-electron chi connectivity index (χ1n) is 4.57. The SMILES string of the molecule is CC(N)Cc1cc(OC(F)(F)F)ccc1F. The number of ether oxygens (including phenoxy) is 1. The van der Waals surface area contributed by atoms with Crippen LogP contribution in [-0.2, 0) is 6.42 Å². The van der Waals surface area contributed by atoms with Gasteiger partial charge in [0.2, 0.25) is 0 Å². The highest BCUT2D eigenvalue weighted by Gasteiger charge is 2.31. The third-order valence-electron chi connectivity index (χ3n) is 1.79.